The highest BCUT2D eigenvalue weighted by Crippen LogP contribution is 2.17. The van der Waals surface area contributed by atoms with Crippen molar-refractivity contribution < 1.29 is 28.6 Å². The highest BCUT2D eigenvalue weighted by Gasteiger charge is 2.19. The average Bonchev–Trinajstić information content (AvgIpc) is 3.46. The predicted octanol–water partition coefficient (Wildman–Crippen LogP) is 23.6. The highest BCUT2D eigenvalue weighted by atomic mass is 16.6. The Labute approximate surface area is 496 Å². The van der Waals surface area contributed by atoms with Crippen LogP contribution in [-0.4, -0.2) is 37.2 Å². The Morgan fingerprint density at radius 3 is 0.762 bits per heavy atom. The van der Waals surface area contributed by atoms with Crippen LogP contribution in [-0.2, 0) is 28.6 Å². The molecule has 6 heteroatoms. The second-order valence-electron chi connectivity index (χ2n) is 22.7. The Morgan fingerprint density at radius 2 is 0.487 bits per heavy atom. The van der Waals surface area contributed by atoms with E-state index in [0.29, 0.717) is 19.3 Å². The van der Waals surface area contributed by atoms with Crippen LogP contribution >= 0.6 is 0 Å². The molecule has 0 bridgehead atoms. The van der Waals surface area contributed by atoms with Gasteiger partial charge in [-0.25, -0.2) is 0 Å². The van der Waals surface area contributed by atoms with Crippen LogP contribution in [0.3, 0.4) is 0 Å². The minimum Gasteiger partial charge on any atom is -0.462 e. The summed E-state index contributed by atoms with van der Waals surface area (Å²) in [6.07, 6.45) is 91.4. The van der Waals surface area contributed by atoms with Crippen LogP contribution in [0.5, 0.6) is 0 Å². The van der Waals surface area contributed by atoms with E-state index in [1.165, 1.54) is 173 Å². The molecule has 0 aromatic heterocycles. The van der Waals surface area contributed by atoms with Crippen molar-refractivity contribution in [2.45, 2.75) is 341 Å². The van der Waals surface area contributed by atoms with Crippen molar-refractivity contribution in [1.82, 2.24) is 0 Å². The maximum atomic E-state index is 12.9. The van der Waals surface area contributed by atoms with Gasteiger partial charge in [0, 0.05) is 19.3 Å². The Hall–Kier alpha value is -3.67. The fourth-order valence-electron chi connectivity index (χ4n) is 9.76. The number of carbonyl (C=O) groups is 3. The number of unbranched alkanes of at least 4 members (excludes halogenated alkanes) is 35. The first-order valence-corrected chi connectivity index (χ1v) is 34.2. The molecule has 0 rings (SSSR count). The zero-order valence-electron chi connectivity index (χ0n) is 52.8. The number of esters is 3. The predicted molar refractivity (Wildman–Crippen MR) is 348 cm³/mol. The molecular formula is C74H128O6. The van der Waals surface area contributed by atoms with Crippen LogP contribution in [0.2, 0.25) is 0 Å². The molecule has 1 atom stereocenters. The van der Waals surface area contributed by atoms with E-state index in [1.54, 1.807) is 0 Å². The molecular weight excluding hydrogens is 985 g/mol. The van der Waals surface area contributed by atoms with E-state index in [0.717, 1.165) is 122 Å². The maximum absolute atomic E-state index is 12.9. The van der Waals surface area contributed by atoms with E-state index in [2.05, 4.69) is 118 Å². The largest absolute Gasteiger partial charge is 0.462 e. The summed E-state index contributed by atoms with van der Waals surface area (Å²) in [5, 5.41) is 0. The summed E-state index contributed by atoms with van der Waals surface area (Å²) < 4.78 is 16.9. The molecule has 0 heterocycles. The zero-order chi connectivity index (χ0) is 57.8. The van der Waals surface area contributed by atoms with Crippen LogP contribution in [0.15, 0.2) is 97.2 Å². The third kappa shape index (κ3) is 65.1. The lowest BCUT2D eigenvalue weighted by Gasteiger charge is -2.18. The van der Waals surface area contributed by atoms with Crippen LogP contribution in [0, 0.1) is 0 Å². The van der Waals surface area contributed by atoms with Crippen molar-refractivity contribution in [2.75, 3.05) is 13.2 Å². The molecule has 0 saturated carbocycles. The summed E-state index contributed by atoms with van der Waals surface area (Å²) in [7, 11) is 0. The first-order valence-electron chi connectivity index (χ1n) is 34.2. The van der Waals surface area contributed by atoms with Gasteiger partial charge in [-0.15, -0.1) is 0 Å². The number of allylic oxidation sites excluding steroid dienone is 16. The highest BCUT2D eigenvalue weighted by molar-refractivity contribution is 5.71. The molecule has 460 valence electrons. The van der Waals surface area contributed by atoms with E-state index in [4.69, 9.17) is 14.2 Å². The summed E-state index contributed by atoms with van der Waals surface area (Å²) in [5.41, 5.74) is 0. The van der Waals surface area contributed by atoms with E-state index >= 15 is 0 Å². The second kappa shape index (κ2) is 67.8. The molecule has 0 N–H and O–H groups in total. The topological polar surface area (TPSA) is 78.9 Å². The second-order valence-corrected chi connectivity index (χ2v) is 22.7. The molecule has 6 nitrogen and oxygen atoms in total. The van der Waals surface area contributed by atoms with Crippen LogP contribution in [0.4, 0.5) is 0 Å². The number of hydrogen-bond donors (Lipinski definition) is 0. The van der Waals surface area contributed by atoms with Crippen molar-refractivity contribution in [1.29, 1.82) is 0 Å². The Morgan fingerprint density at radius 1 is 0.263 bits per heavy atom. The molecule has 0 spiro atoms. The van der Waals surface area contributed by atoms with Crippen molar-refractivity contribution in [2.24, 2.45) is 0 Å². The number of hydrogen-bond acceptors (Lipinski definition) is 6. The third-order valence-electron chi connectivity index (χ3n) is 14.9. The lowest BCUT2D eigenvalue weighted by molar-refractivity contribution is -0.167. The molecule has 0 aliphatic rings. The molecule has 0 aromatic rings. The molecule has 0 aliphatic carbocycles. The standard InChI is InChI=1S/C74H128O6/c1-4-7-10-13-16-19-22-25-27-29-31-32-33-34-35-36-37-38-39-40-41-42-44-45-47-49-52-55-58-61-64-67-73(76)79-70-71(69-78-72(75)66-63-60-57-54-51-24-21-18-15-12-9-6-3)80-74(77)68-65-62-59-56-53-50-48-46-43-30-28-26-23-20-17-14-11-8-5-2/h7,10,16,19,25,27,31-32,34-35,37-38,40-41,44-45,71H,4-6,8-9,11-15,17-18,20-24,26,28-30,33,36,39,42-43,46-70H2,1-3H3/b10-7-,19-16-,27-25-,32-31-,35-34-,38-37-,41-40-,45-44-. The summed E-state index contributed by atoms with van der Waals surface area (Å²) in [5.74, 6) is -0.876. The SMILES string of the molecule is CC/C=C\C/C=C\C/C=C\C/C=C\C/C=C\C/C=C\C/C=C\C/C=C\CCCCCCCCC(=O)OCC(COC(=O)CCCCCCCCCCCCCC)OC(=O)CCCCCCCCCCCCCCCCCCCCC. The summed E-state index contributed by atoms with van der Waals surface area (Å²) in [6, 6.07) is 0. The first kappa shape index (κ1) is 76.3. The molecule has 0 saturated heterocycles. The van der Waals surface area contributed by atoms with E-state index in [1.807, 2.05) is 0 Å². The van der Waals surface area contributed by atoms with Crippen LogP contribution < -0.4 is 0 Å². The van der Waals surface area contributed by atoms with E-state index in [-0.39, 0.29) is 31.1 Å². The smallest absolute Gasteiger partial charge is 0.306 e. The number of carbonyl (C=O) groups excluding carboxylic acids is 3. The van der Waals surface area contributed by atoms with Crippen molar-refractivity contribution in [3.05, 3.63) is 97.2 Å². The fraction of sp³-hybridized carbons (Fsp3) is 0.743. The van der Waals surface area contributed by atoms with Gasteiger partial charge in [0.25, 0.3) is 0 Å². The van der Waals surface area contributed by atoms with Crippen molar-refractivity contribution >= 4 is 17.9 Å². The van der Waals surface area contributed by atoms with Gasteiger partial charge >= 0.3 is 17.9 Å². The molecule has 0 aliphatic heterocycles. The molecule has 0 fully saturated rings. The van der Waals surface area contributed by atoms with Gasteiger partial charge in [0.1, 0.15) is 13.2 Å². The quantitative estimate of drug-likeness (QED) is 0.0261. The van der Waals surface area contributed by atoms with Gasteiger partial charge in [0.2, 0.25) is 0 Å². The maximum Gasteiger partial charge on any atom is 0.306 e. The van der Waals surface area contributed by atoms with Crippen molar-refractivity contribution in [3.63, 3.8) is 0 Å². The zero-order valence-corrected chi connectivity index (χ0v) is 52.8. The first-order chi connectivity index (χ1) is 39.5. The Kier molecular flexibility index (Phi) is 64.7. The average molecular weight is 1110 g/mol. The minimum absolute atomic E-state index is 0.0771. The Bertz CT molecular complexity index is 1560. The molecule has 0 amide bonds. The van der Waals surface area contributed by atoms with Gasteiger partial charge in [-0.3, -0.25) is 14.4 Å². The van der Waals surface area contributed by atoms with Crippen LogP contribution in [0.25, 0.3) is 0 Å². The van der Waals surface area contributed by atoms with Gasteiger partial charge in [-0.05, 0) is 83.5 Å². The third-order valence-corrected chi connectivity index (χ3v) is 14.9. The van der Waals surface area contributed by atoms with Gasteiger partial charge in [-0.2, -0.15) is 0 Å². The van der Waals surface area contributed by atoms with Gasteiger partial charge in [0.15, 0.2) is 6.10 Å². The lowest BCUT2D eigenvalue weighted by atomic mass is 10.0. The summed E-state index contributed by atoms with van der Waals surface area (Å²) >= 11 is 0. The van der Waals surface area contributed by atoms with Gasteiger partial charge in [-0.1, -0.05) is 330 Å². The van der Waals surface area contributed by atoms with E-state index < -0.39 is 6.10 Å². The minimum atomic E-state index is -0.781. The van der Waals surface area contributed by atoms with Gasteiger partial charge in [0.05, 0.1) is 0 Å². The van der Waals surface area contributed by atoms with Gasteiger partial charge < -0.3 is 14.2 Å². The fourth-order valence-corrected chi connectivity index (χ4v) is 9.76. The lowest BCUT2D eigenvalue weighted by Crippen LogP contribution is -2.30. The number of ether oxygens (including phenoxy) is 3. The monoisotopic (exact) mass is 1110 g/mol. The Balaban J connectivity index is 4.29. The molecule has 0 aromatic carbocycles. The summed E-state index contributed by atoms with van der Waals surface area (Å²) in [6.45, 7) is 6.55. The van der Waals surface area contributed by atoms with Crippen LogP contribution in [0.1, 0.15) is 335 Å². The van der Waals surface area contributed by atoms with Crippen molar-refractivity contribution in [3.8, 4) is 0 Å². The normalized spacial score (nSPS) is 12.7. The molecule has 80 heavy (non-hydrogen) atoms. The summed E-state index contributed by atoms with van der Waals surface area (Å²) in [4.78, 5) is 38.3. The number of rotatable bonds is 62. The molecule has 1 unspecified atom stereocenters. The van der Waals surface area contributed by atoms with E-state index in [9.17, 15) is 14.4 Å². The molecule has 0 radical (unpaired) electrons.